The van der Waals surface area contributed by atoms with Gasteiger partial charge in [0, 0.05) is 11.1 Å². The molecular weight excluding hydrogens is 409 g/mol. The summed E-state index contributed by atoms with van der Waals surface area (Å²) in [4.78, 5) is 4.60. The molecule has 29 heavy (non-hydrogen) atoms. The lowest BCUT2D eigenvalue weighted by molar-refractivity contribution is 0.305. The molecule has 0 aliphatic carbocycles. The first-order chi connectivity index (χ1) is 14.1. The van der Waals surface area contributed by atoms with Gasteiger partial charge in [-0.2, -0.15) is 4.68 Å². The molecule has 0 spiro atoms. The number of tetrazole rings is 1. The SMILES string of the molecule is Cc1cccc(-n2nnnc2SCc2csc(COc3ccc(F)cc3)n2)c1C. The Morgan fingerprint density at radius 1 is 1.14 bits per heavy atom. The number of halogens is 1. The Kier molecular flexibility index (Phi) is 5.86. The van der Waals surface area contributed by atoms with Crippen LogP contribution in [0, 0.1) is 19.7 Å². The zero-order valence-corrected chi connectivity index (χ0v) is 17.5. The zero-order chi connectivity index (χ0) is 20.2. The Bertz CT molecular complexity index is 1110. The van der Waals surface area contributed by atoms with Gasteiger partial charge in [0.25, 0.3) is 0 Å². The Balaban J connectivity index is 1.39. The minimum absolute atomic E-state index is 0.283. The van der Waals surface area contributed by atoms with Gasteiger partial charge in [-0.05, 0) is 65.7 Å². The summed E-state index contributed by atoms with van der Waals surface area (Å²) in [5.74, 6) is 0.984. The maximum atomic E-state index is 12.9. The molecule has 6 nitrogen and oxygen atoms in total. The van der Waals surface area contributed by atoms with Gasteiger partial charge in [-0.15, -0.1) is 16.4 Å². The summed E-state index contributed by atoms with van der Waals surface area (Å²) < 4.78 is 20.4. The van der Waals surface area contributed by atoms with Crippen LogP contribution in [-0.2, 0) is 12.4 Å². The molecule has 4 aromatic rings. The number of nitrogens with zero attached hydrogens (tertiary/aromatic N) is 5. The molecule has 2 heterocycles. The third kappa shape index (κ3) is 4.63. The number of aromatic nitrogens is 5. The average molecular weight is 428 g/mol. The fraction of sp³-hybridized carbons (Fsp3) is 0.200. The predicted molar refractivity (Wildman–Crippen MR) is 111 cm³/mol. The highest BCUT2D eigenvalue weighted by atomic mass is 32.2. The summed E-state index contributed by atoms with van der Waals surface area (Å²) in [6.45, 7) is 4.48. The van der Waals surface area contributed by atoms with E-state index in [4.69, 9.17) is 4.74 Å². The number of thiazole rings is 1. The van der Waals surface area contributed by atoms with Crippen LogP contribution in [0.5, 0.6) is 5.75 Å². The number of benzene rings is 2. The van der Waals surface area contributed by atoms with Crippen LogP contribution in [0.2, 0.25) is 0 Å². The molecule has 0 aliphatic rings. The summed E-state index contributed by atoms with van der Waals surface area (Å²) in [5.41, 5.74) is 4.26. The largest absolute Gasteiger partial charge is 0.486 e. The van der Waals surface area contributed by atoms with Crippen LogP contribution in [-0.4, -0.2) is 25.2 Å². The lowest BCUT2D eigenvalue weighted by atomic mass is 10.1. The molecule has 0 amide bonds. The maximum Gasteiger partial charge on any atom is 0.214 e. The van der Waals surface area contributed by atoms with E-state index in [0.717, 1.165) is 27.1 Å². The fourth-order valence-corrected chi connectivity index (χ4v) is 4.27. The number of hydrogen-bond acceptors (Lipinski definition) is 7. The number of thioether (sulfide) groups is 1. The first-order valence-corrected chi connectivity index (χ1v) is 10.8. The molecule has 0 bridgehead atoms. The molecule has 0 aliphatic heterocycles. The van der Waals surface area contributed by atoms with Gasteiger partial charge in [0.2, 0.25) is 5.16 Å². The highest BCUT2D eigenvalue weighted by molar-refractivity contribution is 7.98. The van der Waals surface area contributed by atoms with Crippen LogP contribution >= 0.6 is 23.1 Å². The summed E-state index contributed by atoms with van der Waals surface area (Å²) >= 11 is 3.07. The highest BCUT2D eigenvalue weighted by Crippen LogP contribution is 2.26. The van der Waals surface area contributed by atoms with E-state index < -0.39 is 0 Å². The van der Waals surface area contributed by atoms with E-state index in [0.29, 0.717) is 18.1 Å². The molecule has 0 saturated carbocycles. The van der Waals surface area contributed by atoms with Gasteiger partial charge in [0.1, 0.15) is 23.2 Å². The Morgan fingerprint density at radius 2 is 1.97 bits per heavy atom. The zero-order valence-electron chi connectivity index (χ0n) is 15.9. The fourth-order valence-electron chi connectivity index (χ4n) is 2.68. The van der Waals surface area contributed by atoms with E-state index in [2.05, 4.69) is 40.4 Å². The molecule has 0 unspecified atom stereocenters. The third-order valence-electron chi connectivity index (χ3n) is 4.37. The number of rotatable bonds is 7. The monoisotopic (exact) mass is 427 g/mol. The van der Waals surface area contributed by atoms with Crippen molar-refractivity contribution in [3.63, 3.8) is 0 Å². The number of ether oxygens (including phenoxy) is 1. The van der Waals surface area contributed by atoms with E-state index in [1.54, 1.807) is 16.8 Å². The molecule has 4 rings (SSSR count). The van der Waals surface area contributed by atoms with Crippen molar-refractivity contribution in [3.8, 4) is 11.4 Å². The van der Waals surface area contributed by atoms with Crippen LogP contribution in [0.1, 0.15) is 21.8 Å². The van der Waals surface area contributed by atoms with E-state index in [9.17, 15) is 4.39 Å². The Labute approximate surface area is 175 Å². The predicted octanol–water partition coefficient (Wildman–Crippen LogP) is 4.75. The molecule has 148 valence electrons. The van der Waals surface area contributed by atoms with Crippen molar-refractivity contribution in [2.24, 2.45) is 0 Å². The van der Waals surface area contributed by atoms with Crippen LogP contribution < -0.4 is 4.74 Å². The minimum Gasteiger partial charge on any atom is -0.486 e. The summed E-state index contributed by atoms with van der Waals surface area (Å²) in [6, 6.07) is 12.0. The molecular formula is C20H18FN5OS2. The molecule has 2 aromatic heterocycles. The van der Waals surface area contributed by atoms with Gasteiger partial charge in [0.15, 0.2) is 0 Å². The lowest BCUT2D eigenvalue weighted by Gasteiger charge is -2.09. The van der Waals surface area contributed by atoms with Crippen molar-refractivity contribution < 1.29 is 9.13 Å². The summed E-state index contributed by atoms with van der Waals surface area (Å²) in [7, 11) is 0. The molecule has 0 atom stereocenters. The van der Waals surface area contributed by atoms with Crippen molar-refractivity contribution in [2.75, 3.05) is 0 Å². The van der Waals surface area contributed by atoms with Crippen molar-refractivity contribution in [3.05, 3.63) is 75.5 Å². The van der Waals surface area contributed by atoms with Crippen LogP contribution in [0.3, 0.4) is 0 Å². The summed E-state index contributed by atoms with van der Waals surface area (Å²) in [5, 5.41) is 15.7. The van der Waals surface area contributed by atoms with E-state index in [1.165, 1.54) is 40.8 Å². The third-order valence-corrected chi connectivity index (χ3v) is 6.19. The quantitative estimate of drug-likeness (QED) is 0.397. The number of hydrogen-bond donors (Lipinski definition) is 0. The standard InChI is InChI=1S/C20H18FN5OS2/c1-13-4-3-5-18(14(13)2)26-20(23-24-25-26)29-12-16-11-28-19(22-16)10-27-17-8-6-15(21)7-9-17/h3-9,11H,10,12H2,1-2H3. The maximum absolute atomic E-state index is 12.9. The van der Waals surface area contributed by atoms with Crippen molar-refractivity contribution in [2.45, 2.75) is 31.4 Å². The lowest BCUT2D eigenvalue weighted by Crippen LogP contribution is -2.02. The van der Waals surface area contributed by atoms with Gasteiger partial charge in [-0.1, -0.05) is 23.9 Å². The van der Waals surface area contributed by atoms with Crippen LogP contribution in [0.15, 0.2) is 53.0 Å². The molecule has 2 aromatic carbocycles. The van der Waals surface area contributed by atoms with Crippen molar-refractivity contribution in [1.82, 2.24) is 25.2 Å². The average Bonchev–Trinajstić information content (AvgIpc) is 3.37. The topological polar surface area (TPSA) is 65.7 Å². The first-order valence-electron chi connectivity index (χ1n) is 8.89. The van der Waals surface area contributed by atoms with Crippen LogP contribution in [0.25, 0.3) is 5.69 Å². The van der Waals surface area contributed by atoms with Gasteiger partial charge < -0.3 is 4.74 Å². The van der Waals surface area contributed by atoms with E-state index >= 15 is 0 Å². The Hall–Kier alpha value is -2.78. The van der Waals surface area contributed by atoms with Gasteiger partial charge in [0.05, 0.1) is 11.4 Å². The van der Waals surface area contributed by atoms with E-state index in [1.807, 2.05) is 17.5 Å². The van der Waals surface area contributed by atoms with Crippen LogP contribution in [0.4, 0.5) is 4.39 Å². The second kappa shape index (κ2) is 8.71. The molecule has 0 radical (unpaired) electrons. The normalized spacial score (nSPS) is 11.0. The molecule has 0 fully saturated rings. The second-order valence-electron chi connectivity index (χ2n) is 6.36. The molecule has 9 heteroatoms. The Morgan fingerprint density at radius 3 is 2.79 bits per heavy atom. The number of aryl methyl sites for hydroxylation is 1. The summed E-state index contributed by atoms with van der Waals surface area (Å²) in [6.07, 6.45) is 0. The smallest absolute Gasteiger partial charge is 0.214 e. The molecule has 0 saturated heterocycles. The second-order valence-corrected chi connectivity index (χ2v) is 8.24. The van der Waals surface area contributed by atoms with Gasteiger partial charge >= 0.3 is 0 Å². The van der Waals surface area contributed by atoms with Crippen molar-refractivity contribution in [1.29, 1.82) is 0 Å². The van der Waals surface area contributed by atoms with Crippen molar-refractivity contribution >= 4 is 23.1 Å². The van der Waals surface area contributed by atoms with E-state index in [-0.39, 0.29) is 5.82 Å². The minimum atomic E-state index is -0.283. The molecule has 0 N–H and O–H groups in total. The van der Waals surface area contributed by atoms with Gasteiger partial charge in [-0.25, -0.2) is 9.37 Å². The highest BCUT2D eigenvalue weighted by Gasteiger charge is 2.13. The first kappa shape index (κ1) is 19.5. The van der Waals surface area contributed by atoms with Gasteiger partial charge in [-0.3, -0.25) is 0 Å².